The SMILES string of the molecule is C.[Al].[Ti].[Ti].[Ti]. The Kier molecular flexibility index (Phi) is 287. The second-order valence-electron chi connectivity index (χ2n) is 0. The Hall–Kier alpha value is 2.68. The molecule has 0 amide bonds. The van der Waals surface area contributed by atoms with Gasteiger partial charge in [0.15, 0.2) is 0 Å². The van der Waals surface area contributed by atoms with E-state index in [-0.39, 0.29) is 89.9 Å². The quantitative estimate of drug-likeness (QED) is 0.476. The zero-order valence-electron chi connectivity index (χ0n) is 2.08. The Bertz CT molecular complexity index is 6.85. The van der Waals surface area contributed by atoms with Gasteiger partial charge in [0.05, 0.1) is 0 Å². The molecule has 0 rings (SSSR count). The van der Waals surface area contributed by atoms with E-state index in [0.717, 1.165) is 0 Å². The number of hydrogen-bond donors (Lipinski definition) is 0. The predicted molar refractivity (Wildman–Crippen MR) is 12.5 cm³/mol. The summed E-state index contributed by atoms with van der Waals surface area (Å²) in [4.78, 5) is 0. The third-order valence-corrected chi connectivity index (χ3v) is 0. The van der Waals surface area contributed by atoms with E-state index in [1.165, 1.54) is 0 Å². The zero-order valence-corrected chi connectivity index (χ0v) is 7.92. The van der Waals surface area contributed by atoms with E-state index in [1.807, 2.05) is 0 Å². The van der Waals surface area contributed by atoms with Gasteiger partial charge in [-0.05, 0) is 0 Å². The van der Waals surface area contributed by atoms with Crippen molar-refractivity contribution in [3.8, 4) is 0 Å². The fraction of sp³-hybridized carbons (Fsp3) is 1.00. The molecule has 3 radical (unpaired) electrons. The topological polar surface area (TPSA) is 0 Å². The monoisotopic (exact) mass is 187 g/mol. The van der Waals surface area contributed by atoms with Crippen molar-refractivity contribution in [3.63, 3.8) is 0 Å². The van der Waals surface area contributed by atoms with Crippen LogP contribution >= 0.6 is 0 Å². The first-order valence-corrected chi connectivity index (χ1v) is 0. The first-order chi connectivity index (χ1) is 0. The minimum Gasteiger partial charge on any atom is -0.0776 e. The van der Waals surface area contributed by atoms with Crippen molar-refractivity contribution in [3.05, 3.63) is 0 Å². The van der Waals surface area contributed by atoms with Crippen molar-refractivity contribution in [2.75, 3.05) is 0 Å². The molecule has 0 saturated carbocycles. The summed E-state index contributed by atoms with van der Waals surface area (Å²) in [5, 5.41) is 0. The average Bonchev–Trinajstić information content (AvgIpc) is 0. The van der Waals surface area contributed by atoms with Gasteiger partial charge in [-0.2, -0.15) is 0 Å². The molecule has 0 unspecified atom stereocenters. The molecule has 0 fully saturated rings. The molecule has 0 aliphatic heterocycles. The first kappa shape index (κ1) is 47.8. The second kappa shape index (κ2) is 30.0. The normalized spacial score (nSPS) is 0. The molecule has 0 N–H and O–H groups in total. The molecule has 5 heavy (non-hydrogen) atoms. The van der Waals surface area contributed by atoms with Gasteiger partial charge in [0.1, 0.15) is 0 Å². The fourth-order valence-electron chi connectivity index (χ4n) is 0. The summed E-state index contributed by atoms with van der Waals surface area (Å²) in [6.07, 6.45) is 0. The average molecular weight is 187 g/mol. The molecule has 0 saturated heterocycles. The molecule has 0 aromatic heterocycles. The molecule has 4 heteroatoms. The van der Waals surface area contributed by atoms with Crippen LogP contribution in [-0.2, 0) is 65.2 Å². The molecule has 0 nitrogen and oxygen atoms in total. The summed E-state index contributed by atoms with van der Waals surface area (Å²) >= 11 is 0. The van der Waals surface area contributed by atoms with Crippen LogP contribution in [0.3, 0.4) is 0 Å². The number of hydrogen-bond acceptors (Lipinski definition) is 0. The summed E-state index contributed by atoms with van der Waals surface area (Å²) < 4.78 is 0. The van der Waals surface area contributed by atoms with Gasteiger partial charge >= 0.3 is 0 Å². The van der Waals surface area contributed by atoms with E-state index < -0.39 is 0 Å². The maximum atomic E-state index is 0. The van der Waals surface area contributed by atoms with E-state index in [1.54, 1.807) is 0 Å². The van der Waals surface area contributed by atoms with Gasteiger partial charge < -0.3 is 0 Å². The third-order valence-electron chi connectivity index (χ3n) is 0. The molecular weight excluding hydrogens is 183 g/mol. The van der Waals surface area contributed by atoms with Crippen molar-refractivity contribution in [1.29, 1.82) is 0 Å². The molecule has 0 aliphatic carbocycles. The van der Waals surface area contributed by atoms with Crippen molar-refractivity contribution in [1.82, 2.24) is 0 Å². The zero-order chi connectivity index (χ0) is 0. The molecule has 0 aromatic rings. The number of rotatable bonds is 0. The van der Waals surface area contributed by atoms with Crippen LogP contribution in [0.1, 0.15) is 7.43 Å². The summed E-state index contributed by atoms with van der Waals surface area (Å²) in [6.45, 7) is 0. The standard InChI is InChI=1S/CH4.Al.3Ti/h1H4;;;;. The summed E-state index contributed by atoms with van der Waals surface area (Å²) in [7, 11) is 0. The van der Waals surface area contributed by atoms with Crippen LogP contribution in [0.4, 0.5) is 0 Å². The van der Waals surface area contributed by atoms with Crippen molar-refractivity contribution in [2.24, 2.45) is 0 Å². The van der Waals surface area contributed by atoms with Gasteiger partial charge in [-0.1, -0.05) is 7.43 Å². The molecule has 0 aliphatic rings. The minimum absolute atomic E-state index is 0. The maximum absolute atomic E-state index is 0. The van der Waals surface area contributed by atoms with Gasteiger partial charge in [0, 0.05) is 82.5 Å². The van der Waals surface area contributed by atoms with Gasteiger partial charge in [-0.15, -0.1) is 0 Å². The van der Waals surface area contributed by atoms with Crippen LogP contribution in [0.15, 0.2) is 0 Å². The van der Waals surface area contributed by atoms with Crippen LogP contribution in [-0.4, -0.2) is 17.4 Å². The Morgan fingerprint density at radius 2 is 0.600 bits per heavy atom. The summed E-state index contributed by atoms with van der Waals surface area (Å²) in [5.74, 6) is 0. The minimum atomic E-state index is 0. The predicted octanol–water partition coefficient (Wildman–Crippen LogP) is 0.248. The Morgan fingerprint density at radius 3 is 0.600 bits per heavy atom. The molecule has 0 heterocycles. The van der Waals surface area contributed by atoms with Gasteiger partial charge in [-0.25, -0.2) is 0 Å². The maximum Gasteiger partial charge on any atom is 0 e. The van der Waals surface area contributed by atoms with Crippen molar-refractivity contribution in [2.45, 2.75) is 7.43 Å². The van der Waals surface area contributed by atoms with Crippen LogP contribution in [0.2, 0.25) is 0 Å². The van der Waals surface area contributed by atoms with Gasteiger partial charge in [0.25, 0.3) is 0 Å². The van der Waals surface area contributed by atoms with Crippen molar-refractivity contribution < 1.29 is 65.2 Å². The summed E-state index contributed by atoms with van der Waals surface area (Å²) in [5.41, 5.74) is 0. The van der Waals surface area contributed by atoms with Crippen LogP contribution < -0.4 is 0 Å². The molecule has 0 bridgehead atoms. The molecule has 0 atom stereocenters. The van der Waals surface area contributed by atoms with E-state index in [0.29, 0.717) is 0 Å². The molecular formula is CH4AlTi3. The Morgan fingerprint density at radius 1 is 0.600 bits per heavy atom. The van der Waals surface area contributed by atoms with Gasteiger partial charge in [-0.3, -0.25) is 0 Å². The van der Waals surface area contributed by atoms with Crippen molar-refractivity contribution >= 4 is 17.4 Å². The molecule has 0 spiro atoms. The molecule has 0 aromatic carbocycles. The van der Waals surface area contributed by atoms with E-state index >= 15 is 0 Å². The third kappa shape index (κ3) is 20.4. The van der Waals surface area contributed by atoms with Crippen LogP contribution in [0, 0.1) is 0 Å². The second-order valence-corrected chi connectivity index (χ2v) is 0. The smallest absolute Gasteiger partial charge is 0 e. The molecule has 23 valence electrons. The summed E-state index contributed by atoms with van der Waals surface area (Å²) in [6, 6.07) is 0. The van der Waals surface area contributed by atoms with Crippen LogP contribution in [0.25, 0.3) is 0 Å². The van der Waals surface area contributed by atoms with E-state index in [4.69, 9.17) is 0 Å². The first-order valence-electron chi connectivity index (χ1n) is 0. The van der Waals surface area contributed by atoms with E-state index in [9.17, 15) is 0 Å². The fourth-order valence-corrected chi connectivity index (χ4v) is 0. The van der Waals surface area contributed by atoms with Gasteiger partial charge in [0.2, 0.25) is 0 Å². The Balaban J connectivity index is 0. The van der Waals surface area contributed by atoms with Crippen LogP contribution in [0.5, 0.6) is 0 Å². The van der Waals surface area contributed by atoms with E-state index in [2.05, 4.69) is 0 Å². The largest absolute Gasteiger partial charge is 0.0776 e. The Labute approximate surface area is 88.6 Å².